The Balaban J connectivity index is 2.38. The van der Waals surface area contributed by atoms with Crippen LogP contribution in [0.4, 0.5) is 28.2 Å². The van der Waals surface area contributed by atoms with Crippen LogP contribution in [0, 0.1) is 25.5 Å². The molecule has 138 valence electrons. The number of rotatable bonds is 3. The zero-order chi connectivity index (χ0) is 19.3. The average Bonchev–Trinajstić information content (AvgIpc) is 2.33. The smallest absolute Gasteiger partial charge is 0.346 e. The Kier molecular flexibility index (Phi) is 3.92. The second-order valence-corrected chi connectivity index (χ2v) is 7.77. The zero-order valence-corrected chi connectivity index (χ0v) is 13.6. The first-order valence-electron chi connectivity index (χ1n) is 6.61. The maximum Gasteiger partial charge on any atom is 0.346 e. The minimum absolute atomic E-state index is 0.00738. The van der Waals surface area contributed by atoms with E-state index in [9.17, 15) is 33.0 Å². The molecular formula is C15H11F7O2S. The van der Waals surface area contributed by atoms with E-state index < -0.39 is 44.0 Å². The zero-order valence-electron chi connectivity index (χ0n) is 12.8. The molecule has 0 saturated heterocycles. The van der Waals surface area contributed by atoms with Crippen LogP contribution < -0.4 is 4.74 Å². The number of benzene rings is 2. The van der Waals surface area contributed by atoms with Crippen LogP contribution >= 0.6 is 10.2 Å². The van der Waals surface area contributed by atoms with Gasteiger partial charge in [0.05, 0.1) is 5.56 Å². The molecule has 0 aliphatic rings. The number of hydrogen-bond donors (Lipinski definition) is 0. The molecule has 0 heterocycles. The van der Waals surface area contributed by atoms with Crippen LogP contribution in [0.1, 0.15) is 21.5 Å². The Bertz CT molecular complexity index is 853. The van der Waals surface area contributed by atoms with Gasteiger partial charge in [-0.2, -0.15) is 0 Å². The highest BCUT2D eigenvalue weighted by Crippen LogP contribution is 3.02. The van der Waals surface area contributed by atoms with Crippen LogP contribution in [0.5, 0.6) is 5.75 Å². The molecule has 0 aliphatic carbocycles. The van der Waals surface area contributed by atoms with E-state index in [-0.39, 0.29) is 17.7 Å². The lowest BCUT2D eigenvalue weighted by atomic mass is 10.1. The molecule has 2 aromatic carbocycles. The standard InChI is InChI=1S/C15H11F7O2S/c1-8-5-9(2)14(12(17)6-8)15(23)24-10-3-4-13(11(16)7-10)25(18,19,20,21)22/h3-7H,1-2H3. The quantitative estimate of drug-likeness (QED) is 0.343. The molecule has 0 aliphatic heterocycles. The Morgan fingerprint density at radius 1 is 0.920 bits per heavy atom. The predicted octanol–water partition coefficient (Wildman–Crippen LogP) is 6.46. The van der Waals surface area contributed by atoms with Crippen molar-refractivity contribution < 1.29 is 37.7 Å². The molecule has 10 heteroatoms. The van der Waals surface area contributed by atoms with Crippen LogP contribution in [-0.4, -0.2) is 5.97 Å². The van der Waals surface area contributed by atoms with Crippen molar-refractivity contribution in [3.63, 3.8) is 0 Å². The van der Waals surface area contributed by atoms with Crippen molar-refractivity contribution in [1.82, 2.24) is 0 Å². The predicted molar refractivity (Wildman–Crippen MR) is 78.6 cm³/mol. The molecule has 0 amide bonds. The van der Waals surface area contributed by atoms with Crippen molar-refractivity contribution in [2.45, 2.75) is 18.7 Å². The van der Waals surface area contributed by atoms with Crippen LogP contribution in [0.25, 0.3) is 0 Å². The molecule has 0 radical (unpaired) electrons. The van der Waals surface area contributed by atoms with Gasteiger partial charge >= 0.3 is 16.2 Å². The van der Waals surface area contributed by atoms with E-state index in [1.807, 2.05) is 0 Å². The van der Waals surface area contributed by atoms with Gasteiger partial charge in [0, 0.05) is 6.07 Å². The maximum atomic E-state index is 13.8. The Morgan fingerprint density at radius 2 is 1.52 bits per heavy atom. The molecule has 0 spiro atoms. The molecule has 2 aromatic rings. The van der Waals surface area contributed by atoms with E-state index in [1.54, 1.807) is 6.92 Å². The van der Waals surface area contributed by atoms with Gasteiger partial charge in [-0.3, -0.25) is 0 Å². The first-order chi connectivity index (χ1) is 11.1. The number of hydrogen-bond acceptors (Lipinski definition) is 2. The highest BCUT2D eigenvalue weighted by Gasteiger charge is 2.67. The van der Waals surface area contributed by atoms with E-state index in [0.717, 1.165) is 6.07 Å². The molecule has 0 N–H and O–H groups in total. The molecule has 2 rings (SSSR count). The van der Waals surface area contributed by atoms with Gasteiger partial charge in [-0.25, -0.2) is 13.6 Å². The summed E-state index contributed by atoms with van der Waals surface area (Å²) < 4.78 is 95.0. The Hall–Kier alpha value is -2.23. The van der Waals surface area contributed by atoms with Crippen LogP contribution in [0.2, 0.25) is 0 Å². The summed E-state index contributed by atoms with van der Waals surface area (Å²) in [6.45, 7) is 2.96. The Labute approximate surface area is 137 Å². The van der Waals surface area contributed by atoms with Crippen molar-refractivity contribution in [3.8, 4) is 5.75 Å². The molecule has 0 fully saturated rings. The number of aryl methyl sites for hydroxylation is 2. The largest absolute Gasteiger partial charge is 0.423 e. The second-order valence-electron chi connectivity index (χ2n) is 5.39. The topological polar surface area (TPSA) is 26.3 Å². The third kappa shape index (κ3) is 4.25. The van der Waals surface area contributed by atoms with Gasteiger partial charge < -0.3 is 4.74 Å². The normalized spacial score (nSPS) is 14.6. The summed E-state index contributed by atoms with van der Waals surface area (Å²) >= 11 is 0. The number of halogens is 7. The minimum Gasteiger partial charge on any atom is -0.423 e. The minimum atomic E-state index is -10.2. The average molecular weight is 388 g/mol. The van der Waals surface area contributed by atoms with Gasteiger partial charge in [0.1, 0.15) is 22.3 Å². The third-order valence-electron chi connectivity index (χ3n) is 3.17. The number of ether oxygens (including phenoxy) is 1. The molecule has 2 nitrogen and oxygen atoms in total. The molecule has 0 bridgehead atoms. The SMILES string of the molecule is Cc1cc(C)c(C(=O)Oc2ccc(S(F)(F)(F)(F)F)c(F)c2)c(F)c1. The number of esters is 1. The second kappa shape index (κ2) is 5.13. The van der Waals surface area contributed by atoms with Crippen LogP contribution in [-0.2, 0) is 0 Å². The van der Waals surface area contributed by atoms with Crippen molar-refractivity contribution in [2.75, 3.05) is 0 Å². The summed E-state index contributed by atoms with van der Waals surface area (Å²) in [5.74, 6) is -5.31. The molecule has 0 unspecified atom stereocenters. The van der Waals surface area contributed by atoms with Crippen molar-refractivity contribution >= 4 is 16.2 Å². The van der Waals surface area contributed by atoms with Crippen LogP contribution in [0.3, 0.4) is 0 Å². The van der Waals surface area contributed by atoms with Crippen molar-refractivity contribution in [2.24, 2.45) is 0 Å². The molecule has 0 atom stereocenters. The van der Waals surface area contributed by atoms with Crippen molar-refractivity contribution in [3.05, 3.63) is 58.7 Å². The Morgan fingerprint density at radius 3 is 2.00 bits per heavy atom. The van der Waals surface area contributed by atoms with Crippen LogP contribution in [0.15, 0.2) is 35.2 Å². The summed E-state index contributed by atoms with van der Waals surface area (Å²) in [5, 5.41) is 0. The summed E-state index contributed by atoms with van der Waals surface area (Å²) in [6, 6.07) is 2.61. The lowest BCUT2D eigenvalue weighted by Gasteiger charge is -2.40. The van der Waals surface area contributed by atoms with Gasteiger partial charge in [0.15, 0.2) is 0 Å². The lowest BCUT2D eigenvalue weighted by molar-refractivity contribution is 0.0728. The lowest BCUT2D eigenvalue weighted by Crippen LogP contribution is -2.14. The highest BCUT2D eigenvalue weighted by atomic mass is 32.5. The number of carbonyl (C=O) groups excluding carboxylic acids is 1. The third-order valence-corrected chi connectivity index (χ3v) is 4.33. The van der Waals surface area contributed by atoms with E-state index in [4.69, 9.17) is 0 Å². The van der Waals surface area contributed by atoms with E-state index in [2.05, 4.69) is 4.74 Å². The summed E-state index contributed by atoms with van der Waals surface area (Å²) in [6.07, 6.45) is 0. The van der Waals surface area contributed by atoms with Gasteiger partial charge in [-0.15, -0.1) is 0 Å². The summed E-state index contributed by atoms with van der Waals surface area (Å²) in [7, 11) is -10.2. The van der Waals surface area contributed by atoms with Crippen molar-refractivity contribution in [1.29, 1.82) is 0 Å². The van der Waals surface area contributed by atoms with E-state index in [1.165, 1.54) is 13.0 Å². The fraction of sp³-hybridized carbons (Fsp3) is 0.133. The first-order valence-corrected chi connectivity index (χ1v) is 8.56. The summed E-state index contributed by atoms with van der Waals surface area (Å²) in [4.78, 5) is 9.21. The van der Waals surface area contributed by atoms with Gasteiger partial charge in [-0.05, 0) is 43.2 Å². The first kappa shape index (κ1) is 19.1. The van der Waals surface area contributed by atoms with Gasteiger partial charge in [0.2, 0.25) is 0 Å². The van der Waals surface area contributed by atoms with E-state index >= 15 is 0 Å². The fourth-order valence-corrected chi connectivity index (χ4v) is 2.94. The van der Waals surface area contributed by atoms with Gasteiger partial charge in [0.25, 0.3) is 0 Å². The van der Waals surface area contributed by atoms with E-state index in [0.29, 0.717) is 11.6 Å². The fourth-order valence-electron chi connectivity index (χ4n) is 2.19. The monoisotopic (exact) mass is 388 g/mol. The summed E-state index contributed by atoms with van der Waals surface area (Å²) in [5.41, 5.74) is 0.201. The highest BCUT2D eigenvalue weighted by molar-refractivity contribution is 8.45. The maximum absolute atomic E-state index is 13.8. The molecule has 0 saturated carbocycles. The molecule has 25 heavy (non-hydrogen) atoms. The number of carbonyl (C=O) groups is 1. The molecule has 0 aromatic heterocycles. The molecular weight excluding hydrogens is 377 g/mol. The van der Waals surface area contributed by atoms with Gasteiger partial charge in [-0.1, -0.05) is 25.5 Å².